The van der Waals surface area contributed by atoms with E-state index in [1.165, 1.54) is 6.33 Å². The van der Waals surface area contributed by atoms with Crippen LogP contribution in [0.4, 0.5) is 5.82 Å². The molecule has 128 valence electrons. The van der Waals surface area contributed by atoms with Gasteiger partial charge in [-0.1, -0.05) is 30.3 Å². The smallest absolute Gasteiger partial charge is 0.226 e. The number of fused-ring (bicyclic) bond motifs is 2. The zero-order valence-corrected chi connectivity index (χ0v) is 14.0. The van der Waals surface area contributed by atoms with E-state index in [0.717, 1.165) is 16.8 Å². The lowest BCUT2D eigenvalue weighted by molar-refractivity contribution is -0.116. The number of anilines is 1. The van der Waals surface area contributed by atoms with Crippen LogP contribution in [0.3, 0.4) is 0 Å². The second-order valence-electron chi connectivity index (χ2n) is 6.27. The van der Waals surface area contributed by atoms with Gasteiger partial charge in [0, 0.05) is 17.9 Å². The maximum atomic E-state index is 12.4. The first kappa shape index (κ1) is 14.8. The number of rotatable bonds is 2. The van der Waals surface area contributed by atoms with Crippen LogP contribution >= 0.6 is 0 Å². The molecule has 0 saturated carbocycles. The molecule has 1 aliphatic rings. The fourth-order valence-electron chi connectivity index (χ4n) is 3.58. The lowest BCUT2D eigenvalue weighted by Gasteiger charge is -2.24. The van der Waals surface area contributed by atoms with Crippen molar-refractivity contribution in [2.45, 2.75) is 19.3 Å². The number of hydrogen-bond donors (Lipinski definition) is 2. The molecule has 1 unspecified atom stereocenters. The molecule has 5 rings (SSSR count). The van der Waals surface area contributed by atoms with E-state index < -0.39 is 0 Å². The minimum absolute atomic E-state index is 0.0344. The number of carbonyl (C=O) groups excluding carboxylic acids is 1. The number of nitrogens with zero attached hydrogens (tertiary/aromatic N) is 5. The Morgan fingerprint density at radius 2 is 2.00 bits per heavy atom. The third-order valence-electron chi connectivity index (χ3n) is 4.71. The zero-order chi connectivity index (χ0) is 17.7. The van der Waals surface area contributed by atoms with Crippen LogP contribution < -0.4 is 5.32 Å². The highest BCUT2D eigenvalue weighted by atomic mass is 16.1. The Bertz CT molecular complexity index is 1130. The number of imidazole rings is 1. The summed E-state index contributed by atoms with van der Waals surface area (Å²) < 4.78 is 1.67. The lowest BCUT2D eigenvalue weighted by atomic mass is 9.86. The SMILES string of the molecule is Cc1nn(-c2ncnc3nc[nH]c23)c2c1C(c1ccccc1)CC(=O)N2. The quantitative estimate of drug-likeness (QED) is 0.580. The highest BCUT2D eigenvalue weighted by Gasteiger charge is 2.33. The van der Waals surface area contributed by atoms with Gasteiger partial charge < -0.3 is 10.3 Å². The van der Waals surface area contributed by atoms with Crippen LogP contribution in [0.25, 0.3) is 17.0 Å². The second-order valence-corrected chi connectivity index (χ2v) is 6.27. The van der Waals surface area contributed by atoms with Gasteiger partial charge in [0.2, 0.25) is 5.91 Å². The van der Waals surface area contributed by atoms with Crippen molar-refractivity contribution in [1.82, 2.24) is 29.7 Å². The molecule has 1 amide bonds. The number of aromatic amines is 1. The van der Waals surface area contributed by atoms with Crippen molar-refractivity contribution in [2.24, 2.45) is 0 Å². The van der Waals surface area contributed by atoms with Gasteiger partial charge in [-0.15, -0.1) is 0 Å². The van der Waals surface area contributed by atoms with Gasteiger partial charge >= 0.3 is 0 Å². The summed E-state index contributed by atoms with van der Waals surface area (Å²) in [5.74, 6) is 1.14. The third-order valence-corrected chi connectivity index (χ3v) is 4.71. The first-order chi connectivity index (χ1) is 12.7. The molecule has 4 heterocycles. The molecule has 1 aliphatic heterocycles. The predicted octanol–water partition coefficient (Wildman–Crippen LogP) is 2.32. The van der Waals surface area contributed by atoms with Crippen molar-refractivity contribution in [1.29, 1.82) is 0 Å². The number of aromatic nitrogens is 6. The number of amides is 1. The van der Waals surface area contributed by atoms with E-state index in [-0.39, 0.29) is 11.8 Å². The minimum atomic E-state index is -0.0394. The fourth-order valence-corrected chi connectivity index (χ4v) is 3.58. The molecule has 26 heavy (non-hydrogen) atoms. The molecule has 0 fully saturated rings. The molecule has 0 bridgehead atoms. The fraction of sp³-hybridized carbons (Fsp3) is 0.167. The van der Waals surface area contributed by atoms with E-state index in [1.54, 1.807) is 11.0 Å². The van der Waals surface area contributed by atoms with Gasteiger partial charge in [-0.05, 0) is 12.5 Å². The van der Waals surface area contributed by atoms with Crippen molar-refractivity contribution in [2.75, 3.05) is 5.32 Å². The number of hydrogen-bond acceptors (Lipinski definition) is 5. The van der Waals surface area contributed by atoms with E-state index in [2.05, 4.69) is 30.4 Å². The molecular weight excluding hydrogens is 330 g/mol. The van der Waals surface area contributed by atoms with Gasteiger partial charge in [0.15, 0.2) is 11.5 Å². The Balaban J connectivity index is 1.74. The summed E-state index contributed by atoms with van der Waals surface area (Å²) in [6.45, 7) is 1.95. The molecule has 4 aromatic rings. The number of nitrogens with one attached hydrogen (secondary N) is 2. The minimum Gasteiger partial charge on any atom is -0.340 e. The lowest BCUT2D eigenvalue weighted by Crippen LogP contribution is -2.25. The van der Waals surface area contributed by atoms with Crippen molar-refractivity contribution < 1.29 is 4.79 Å². The van der Waals surface area contributed by atoms with Crippen molar-refractivity contribution in [3.63, 3.8) is 0 Å². The number of carbonyl (C=O) groups is 1. The molecule has 8 nitrogen and oxygen atoms in total. The standard InChI is InChI=1S/C18H15N7O/c1-10-14-12(11-5-3-2-4-6-11)7-13(26)23-17(14)25(24-10)18-15-16(20-8-19-15)21-9-22-18/h2-6,8-9,12H,7H2,1H3,(H,23,26)(H,19,20,21,22). The highest BCUT2D eigenvalue weighted by Crippen LogP contribution is 2.40. The van der Waals surface area contributed by atoms with Crippen LogP contribution in [0.5, 0.6) is 0 Å². The molecule has 0 saturated heterocycles. The molecule has 0 radical (unpaired) electrons. The van der Waals surface area contributed by atoms with Gasteiger partial charge in [0.05, 0.1) is 12.0 Å². The van der Waals surface area contributed by atoms with Crippen LogP contribution in [-0.4, -0.2) is 35.6 Å². The average molecular weight is 345 g/mol. The van der Waals surface area contributed by atoms with Crippen molar-refractivity contribution in [3.8, 4) is 5.82 Å². The van der Waals surface area contributed by atoms with Crippen LogP contribution in [0.1, 0.15) is 29.2 Å². The van der Waals surface area contributed by atoms with E-state index >= 15 is 0 Å². The normalized spacial score (nSPS) is 16.5. The molecule has 2 N–H and O–H groups in total. The summed E-state index contributed by atoms with van der Waals surface area (Å²) in [6, 6.07) is 10.0. The third kappa shape index (κ3) is 2.12. The van der Waals surface area contributed by atoms with Crippen LogP contribution in [0, 0.1) is 6.92 Å². The number of H-pyrrole nitrogens is 1. The summed E-state index contributed by atoms with van der Waals surface area (Å²) >= 11 is 0. The summed E-state index contributed by atoms with van der Waals surface area (Å²) in [4.78, 5) is 28.1. The van der Waals surface area contributed by atoms with Crippen molar-refractivity contribution >= 4 is 22.9 Å². The van der Waals surface area contributed by atoms with Gasteiger partial charge in [0.1, 0.15) is 17.7 Å². The van der Waals surface area contributed by atoms with E-state index in [1.807, 2.05) is 37.3 Å². The topological polar surface area (TPSA) is 101 Å². The molecule has 1 aromatic carbocycles. The predicted molar refractivity (Wildman–Crippen MR) is 95.1 cm³/mol. The summed E-state index contributed by atoms with van der Waals surface area (Å²) in [6.07, 6.45) is 3.41. The molecule has 0 spiro atoms. The van der Waals surface area contributed by atoms with Gasteiger partial charge in [-0.25, -0.2) is 15.0 Å². The van der Waals surface area contributed by atoms with Crippen LogP contribution in [0.2, 0.25) is 0 Å². The van der Waals surface area contributed by atoms with E-state index in [0.29, 0.717) is 29.2 Å². The monoisotopic (exact) mass is 345 g/mol. The van der Waals surface area contributed by atoms with Crippen molar-refractivity contribution in [3.05, 3.63) is 59.8 Å². The van der Waals surface area contributed by atoms with Gasteiger partial charge in [-0.2, -0.15) is 9.78 Å². The number of aryl methyl sites for hydroxylation is 1. The Labute approximate surface area is 148 Å². The molecular formula is C18H15N7O. The van der Waals surface area contributed by atoms with Gasteiger partial charge in [0.25, 0.3) is 0 Å². The second kappa shape index (κ2) is 5.48. The van der Waals surface area contributed by atoms with Gasteiger partial charge in [-0.3, -0.25) is 4.79 Å². The largest absolute Gasteiger partial charge is 0.340 e. The van der Waals surface area contributed by atoms with E-state index in [4.69, 9.17) is 0 Å². The Morgan fingerprint density at radius 1 is 1.15 bits per heavy atom. The molecule has 1 atom stereocenters. The first-order valence-corrected chi connectivity index (χ1v) is 8.31. The van der Waals surface area contributed by atoms with E-state index in [9.17, 15) is 4.79 Å². The molecule has 0 aliphatic carbocycles. The highest BCUT2D eigenvalue weighted by molar-refractivity contribution is 5.95. The van der Waals surface area contributed by atoms with Crippen LogP contribution in [-0.2, 0) is 4.79 Å². The summed E-state index contributed by atoms with van der Waals surface area (Å²) in [7, 11) is 0. The van der Waals surface area contributed by atoms with Crippen LogP contribution in [0.15, 0.2) is 43.0 Å². The molecule has 8 heteroatoms. The zero-order valence-electron chi connectivity index (χ0n) is 14.0. The maximum absolute atomic E-state index is 12.4. The number of benzene rings is 1. The Kier molecular flexibility index (Phi) is 3.11. The Hall–Kier alpha value is -3.55. The first-order valence-electron chi connectivity index (χ1n) is 8.31. The molecule has 3 aromatic heterocycles. The Morgan fingerprint density at radius 3 is 2.85 bits per heavy atom. The maximum Gasteiger partial charge on any atom is 0.226 e. The summed E-state index contributed by atoms with van der Waals surface area (Å²) in [5, 5.41) is 7.64. The average Bonchev–Trinajstić information content (AvgIpc) is 3.26. The summed E-state index contributed by atoms with van der Waals surface area (Å²) in [5.41, 5.74) is 4.20.